The van der Waals surface area contributed by atoms with E-state index >= 15 is 0 Å². The molecule has 0 saturated carbocycles. The molecule has 2 N–H and O–H groups in total. The van der Waals surface area contributed by atoms with Crippen LogP contribution in [0.2, 0.25) is 0 Å². The molecule has 0 spiro atoms. The van der Waals surface area contributed by atoms with Crippen LogP contribution >= 0.6 is 0 Å². The monoisotopic (exact) mass is 256 g/mol. The molecular formula is C15H20N4. The van der Waals surface area contributed by atoms with Crippen molar-refractivity contribution in [1.29, 1.82) is 0 Å². The second-order valence-electron chi connectivity index (χ2n) is 4.68. The number of nitrogens with two attached hydrogens (primary N) is 1. The standard InChI is InChI=1S/C10H14N2.C5H6N2/c1-12-7-3-5-10(12)9-4-2-6-11-8-9;6-5-3-1-2-4-7-5/h2,4,6,8,10H,3,5,7H2,1H3;1-4H,(H2,6,7). The highest BCUT2D eigenvalue weighted by atomic mass is 15.1. The predicted octanol–water partition coefficient (Wildman–Crippen LogP) is 2.51. The zero-order chi connectivity index (χ0) is 13.5. The van der Waals surface area contributed by atoms with Crippen molar-refractivity contribution in [2.45, 2.75) is 18.9 Å². The Labute approximate surface area is 114 Å². The van der Waals surface area contributed by atoms with Crippen molar-refractivity contribution in [3.05, 3.63) is 54.5 Å². The van der Waals surface area contributed by atoms with E-state index in [9.17, 15) is 0 Å². The van der Waals surface area contributed by atoms with E-state index < -0.39 is 0 Å². The van der Waals surface area contributed by atoms with E-state index in [1.807, 2.05) is 30.6 Å². The Hall–Kier alpha value is -1.94. The second-order valence-corrected chi connectivity index (χ2v) is 4.68. The molecule has 1 unspecified atom stereocenters. The van der Waals surface area contributed by atoms with Crippen LogP contribution in [-0.4, -0.2) is 28.5 Å². The molecular weight excluding hydrogens is 236 g/mol. The summed E-state index contributed by atoms with van der Waals surface area (Å²) in [5.41, 5.74) is 6.61. The van der Waals surface area contributed by atoms with Crippen LogP contribution in [0.1, 0.15) is 24.4 Å². The van der Waals surface area contributed by atoms with Gasteiger partial charge in [0.25, 0.3) is 0 Å². The summed E-state index contributed by atoms with van der Waals surface area (Å²) >= 11 is 0. The van der Waals surface area contributed by atoms with E-state index in [1.165, 1.54) is 24.9 Å². The Balaban J connectivity index is 0.000000163. The van der Waals surface area contributed by atoms with Crippen molar-refractivity contribution in [2.24, 2.45) is 0 Å². The molecule has 3 rings (SSSR count). The van der Waals surface area contributed by atoms with Crippen LogP contribution in [0.25, 0.3) is 0 Å². The molecule has 3 heterocycles. The molecule has 1 aliphatic rings. The third-order valence-corrected chi connectivity index (χ3v) is 3.28. The molecule has 4 heteroatoms. The molecule has 4 nitrogen and oxygen atoms in total. The zero-order valence-corrected chi connectivity index (χ0v) is 11.2. The van der Waals surface area contributed by atoms with Gasteiger partial charge in [0.1, 0.15) is 5.82 Å². The first-order valence-electron chi connectivity index (χ1n) is 6.54. The summed E-state index contributed by atoms with van der Waals surface area (Å²) in [5, 5.41) is 0. The number of rotatable bonds is 1. The van der Waals surface area contributed by atoms with Gasteiger partial charge in [0.2, 0.25) is 0 Å². The fourth-order valence-corrected chi connectivity index (χ4v) is 2.28. The highest BCUT2D eigenvalue weighted by molar-refractivity contribution is 5.25. The molecule has 0 radical (unpaired) electrons. The molecule has 0 amide bonds. The summed E-state index contributed by atoms with van der Waals surface area (Å²) in [6.45, 7) is 1.22. The molecule has 1 saturated heterocycles. The average Bonchev–Trinajstić information content (AvgIpc) is 2.88. The smallest absolute Gasteiger partial charge is 0.123 e. The lowest BCUT2D eigenvalue weighted by Gasteiger charge is -2.18. The van der Waals surface area contributed by atoms with E-state index in [-0.39, 0.29) is 0 Å². The van der Waals surface area contributed by atoms with E-state index in [0.717, 1.165) is 0 Å². The molecule has 2 aromatic heterocycles. The number of pyridine rings is 2. The lowest BCUT2D eigenvalue weighted by Crippen LogP contribution is -2.17. The first-order chi connectivity index (χ1) is 9.27. The summed E-state index contributed by atoms with van der Waals surface area (Å²) in [5.74, 6) is 0.572. The number of hydrogen-bond donors (Lipinski definition) is 1. The van der Waals surface area contributed by atoms with Crippen LogP contribution in [0.3, 0.4) is 0 Å². The van der Waals surface area contributed by atoms with E-state index in [4.69, 9.17) is 5.73 Å². The highest BCUT2D eigenvalue weighted by Crippen LogP contribution is 2.29. The van der Waals surface area contributed by atoms with E-state index in [1.54, 1.807) is 12.3 Å². The van der Waals surface area contributed by atoms with Crippen LogP contribution in [0.4, 0.5) is 5.82 Å². The van der Waals surface area contributed by atoms with Crippen LogP contribution < -0.4 is 5.73 Å². The Morgan fingerprint density at radius 3 is 2.58 bits per heavy atom. The maximum Gasteiger partial charge on any atom is 0.123 e. The summed E-state index contributed by atoms with van der Waals surface area (Å²) in [4.78, 5) is 10.3. The maximum atomic E-state index is 5.25. The third-order valence-electron chi connectivity index (χ3n) is 3.28. The molecule has 2 aromatic rings. The second kappa shape index (κ2) is 6.85. The molecule has 1 aliphatic heterocycles. The van der Waals surface area contributed by atoms with Gasteiger partial charge in [-0.2, -0.15) is 0 Å². The number of aromatic nitrogens is 2. The summed E-state index contributed by atoms with van der Waals surface area (Å²) in [7, 11) is 2.19. The number of anilines is 1. The van der Waals surface area contributed by atoms with Crippen molar-refractivity contribution in [3.8, 4) is 0 Å². The van der Waals surface area contributed by atoms with Gasteiger partial charge in [-0.1, -0.05) is 12.1 Å². The first kappa shape index (κ1) is 13.5. The Bertz CT molecular complexity index is 472. The minimum Gasteiger partial charge on any atom is -0.384 e. The molecule has 0 aliphatic carbocycles. The summed E-state index contributed by atoms with van der Waals surface area (Å²) < 4.78 is 0. The maximum absolute atomic E-state index is 5.25. The van der Waals surface area contributed by atoms with Crippen molar-refractivity contribution in [1.82, 2.24) is 14.9 Å². The van der Waals surface area contributed by atoms with Crippen molar-refractivity contribution in [3.63, 3.8) is 0 Å². The molecule has 1 atom stereocenters. The fraction of sp³-hybridized carbons (Fsp3) is 0.333. The van der Waals surface area contributed by atoms with Crippen LogP contribution in [-0.2, 0) is 0 Å². The lowest BCUT2D eigenvalue weighted by molar-refractivity contribution is 0.317. The minimum atomic E-state index is 0.572. The summed E-state index contributed by atoms with van der Waals surface area (Å²) in [6, 6.07) is 10.2. The van der Waals surface area contributed by atoms with Gasteiger partial charge in [0.05, 0.1) is 0 Å². The van der Waals surface area contributed by atoms with Crippen LogP contribution in [0.5, 0.6) is 0 Å². The first-order valence-corrected chi connectivity index (χ1v) is 6.54. The van der Waals surface area contributed by atoms with Gasteiger partial charge in [0, 0.05) is 24.6 Å². The lowest BCUT2D eigenvalue weighted by atomic mass is 10.1. The normalized spacial score (nSPS) is 18.7. The molecule has 0 aromatic carbocycles. The average molecular weight is 256 g/mol. The van der Waals surface area contributed by atoms with Gasteiger partial charge in [0.15, 0.2) is 0 Å². The Kier molecular flexibility index (Phi) is 4.86. The van der Waals surface area contributed by atoms with Gasteiger partial charge < -0.3 is 5.73 Å². The summed E-state index contributed by atoms with van der Waals surface area (Å²) in [6.07, 6.45) is 8.07. The van der Waals surface area contributed by atoms with Crippen molar-refractivity contribution in [2.75, 3.05) is 19.3 Å². The van der Waals surface area contributed by atoms with E-state index in [2.05, 4.69) is 28.0 Å². The third kappa shape index (κ3) is 4.03. The Morgan fingerprint density at radius 1 is 1.21 bits per heavy atom. The molecule has 100 valence electrons. The Morgan fingerprint density at radius 2 is 2.11 bits per heavy atom. The van der Waals surface area contributed by atoms with Gasteiger partial charge in [-0.15, -0.1) is 0 Å². The van der Waals surface area contributed by atoms with Crippen molar-refractivity contribution >= 4 is 5.82 Å². The van der Waals surface area contributed by atoms with E-state index in [0.29, 0.717) is 11.9 Å². The SMILES string of the molecule is CN1CCCC1c1cccnc1.Nc1ccccn1. The number of likely N-dealkylation sites (tertiary alicyclic amines) is 1. The quantitative estimate of drug-likeness (QED) is 0.851. The molecule has 1 fully saturated rings. The van der Waals surface area contributed by atoms with Crippen LogP contribution in [0.15, 0.2) is 48.9 Å². The van der Waals surface area contributed by atoms with Crippen LogP contribution in [0, 0.1) is 0 Å². The zero-order valence-electron chi connectivity index (χ0n) is 11.2. The molecule has 0 bridgehead atoms. The minimum absolute atomic E-state index is 0.572. The number of hydrogen-bond acceptors (Lipinski definition) is 4. The fourth-order valence-electron chi connectivity index (χ4n) is 2.28. The number of nitrogen functional groups attached to an aromatic ring is 1. The van der Waals surface area contributed by atoms with Gasteiger partial charge in [-0.3, -0.25) is 9.88 Å². The number of nitrogens with zero attached hydrogens (tertiary/aromatic N) is 3. The van der Waals surface area contributed by atoms with Gasteiger partial charge in [-0.25, -0.2) is 4.98 Å². The van der Waals surface area contributed by atoms with Crippen molar-refractivity contribution < 1.29 is 0 Å². The predicted molar refractivity (Wildman–Crippen MR) is 77.5 cm³/mol. The molecule has 19 heavy (non-hydrogen) atoms. The van der Waals surface area contributed by atoms with Gasteiger partial charge in [-0.05, 0) is 50.2 Å². The topological polar surface area (TPSA) is 55.0 Å². The highest BCUT2D eigenvalue weighted by Gasteiger charge is 2.21. The largest absolute Gasteiger partial charge is 0.384 e. The van der Waals surface area contributed by atoms with Gasteiger partial charge >= 0.3 is 0 Å².